The molecule has 0 saturated carbocycles. The van der Waals surface area contributed by atoms with Crippen molar-refractivity contribution < 1.29 is 19.0 Å². The SMILES string of the molecule is O=C(NC1COCC1O)c1cc(-c2ccc(Cl)cc2)nn(-c2cncc(F)c2)c1=O. The van der Waals surface area contributed by atoms with Gasteiger partial charge in [0.15, 0.2) is 0 Å². The van der Waals surface area contributed by atoms with E-state index in [0.29, 0.717) is 16.3 Å². The normalized spacial score (nSPS) is 18.4. The van der Waals surface area contributed by atoms with E-state index < -0.39 is 29.4 Å². The zero-order valence-electron chi connectivity index (χ0n) is 15.5. The van der Waals surface area contributed by atoms with Crippen LogP contribution in [0.4, 0.5) is 4.39 Å². The zero-order valence-corrected chi connectivity index (χ0v) is 16.2. The first-order valence-corrected chi connectivity index (χ1v) is 9.38. The summed E-state index contributed by atoms with van der Waals surface area (Å²) in [6.45, 7) is 0.223. The lowest BCUT2D eigenvalue weighted by molar-refractivity contribution is 0.0884. The molecule has 2 atom stereocenters. The number of rotatable bonds is 4. The average Bonchev–Trinajstić information content (AvgIpc) is 3.13. The van der Waals surface area contributed by atoms with E-state index in [0.717, 1.165) is 16.9 Å². The molecule has 0 bridgehead atoms. The maximum Gasteiger partial charge on any atom is 0.284 e. The third kappa shape index (κ3) is 4.09. The van der Waals surface area contributed by atoms with Crippen LogP contribution in [0.1, 0.15) is 10.4 Å². The number of benzene rings is 1. The third-order valence-corrected chi connectivity index (χ3v) is 4.85. The number of amides is 1. The molecule has 1 amide bonds. The number of aromatic nitrogens is 3. The van der Waals surface area contributed by atoms with Gasteiger partial charge in [0, 0.05) is 16.7 Å². The van der Waals surface area contributed by atoms with Crippen molar-refractivity contribution in [3.05, 3.63) is 75.5 Å². The summed E-state index contributed by atoms with van der Waals surface area (Å²) < 4.78 is 19.7. The molecule has 0 aliphatic carbocycles. The van der Waals surface area contributed by atoms with Crippen LogP contribution in [-0.2, 0) is 4.74 Å². The molecule has 2 N–H and O–H groups in total. The van der Waals surface area contributed by atoms with E-state index in [1.807, 2.05) is 0 Å². The first-order valence-electron chi connectivity index (χ1n) is 9.00. The van der Waals surface area contributed by atoms with Gasteiger partial charge in [-0.1, -0.05) is 23.7 Å². The summed E-state index contributed by atoms with van der Waals surface area (Å²) in [5.41, 5.74) is -0.0295. The van der Waals surface area contributed by atoms with E-state index in [2.05, 4.69) is 15.4 Å². The van der Waals surface area contributed by atoms with Crippen LogP contribution in [0.25, 0.3) is 16.9 Å². The summed E-state index contributed by atoms with van der Waals surface area (Å²) in [4.78, 5) is 29.6. The highest BCUT2D eigenvalue weighted by Crippen LogP contribution is 2.20. The van der Waals surface area contributed by atoms with Gasteiger partial charge in [0.1, 0.15) is 11.4 Å². The van der Waals surface area contributed by atoms with E-state index in [1.54, 1.807) is 24.3 Å². The number of nitrogens with one attached hydrogen (secondary N) is 1. The molecule has 154 valence electrons. The minimum absolute atomic E-state index is 0.0640. The van der Waals surface area contributed by atoms with Crippen LogP contribution in [0.3, 0.4) is 0 Å². The fourth-order valence-electron chi connectivity index (χ4n) is 3.04. The molecule has 1 aliphatic heterocycles. The van der Waals surface area contributed by atoms with Gasteiger partial charge in [0.25, 0.3) is 11.5 Å². The topological polar surface area (TPSA) is 106 Å². The molecular weight excluding hydrogens is 415 g/mol. The molecule has 2 aromatic heterocycles. The lowest BCUT2D eigenvalue weighted by Gasteiger charge is -2.15. The number of aliphatic hydroxyl groups is 1. The molecule has 2 unspecified atom stereocenters. The molecule has 1 saturated heterocycles. The van der Waals surface area contributed by atoms with E-state index in [-0.39, 0.29) is 24.5 Å². The first-order chi connectivity index (χ1) is 14.4. The molecule has 0 radical (unpaired) electrons. The minimum atomic E-state index is -0.874. The second-order valence-corrected chi connectivity index (χ2v) is 7.15. The fraction of sp³-hybridized carbons (Fsp3) is 0.200. The summed E-state index contributed by atoms with van der Waals surface area (Å²) in [5, 5.41) is 17.3. The summed E-state index contributed by atoms with van der Waals surface area (Å²) in [6, 6.07) is 8.43. The van der Waals surface area contributed by atoms with E-state index in [9.17, 15) is 19.1 Å². The molecule has 1 aliphatic rings. The lowest BCUT2D eigenvalue weighted by atomic mass is 10.1. The van der Waals surface area contributed by atoms with Crippen molar-refractivity contribution in [1.29, 1.82) is 0 Å². The van der Waals surface area contributed by atoms with Crippen LogP contribution in [0.15, 0.2) is 53.6 Å². The smallest absolute Gasteiger partial charge is 0.284 e. The molecule has 4 rings (SSSR count). The average molecular weight is 431 g/mol. The zero-order chi connectivity index (χ0) is 21.3. The number of halogens is 2. The largest absolute Gasteiger partial charge is 0.388 e. The van der Waals surface area contributed by atoms with Crippen LogP contribution in [0.5, 0.6) is 0 Å². The number of carbonyl (C=O) groups is 1. The predicted molar refractivity (Wildman–Crippen MR) is 106 cm³/mol. The van der Waals surface area contributed by atoms with Crippen LogP contribution < -0.4 is 10.9 Å². The Bertz CT molecular complexity index is 1150. The van der Waals surface area contributed by atoms with Gasteiger partial charge in [0.2, 0.25) is 0 Å². The van der Waals surface area contributed by atoms with Crippen molar-refractivity contribution in [1.82, 2.24) is 20.1 Å². The van der Waals surface area contributed by atoms with Gasteiger partial charge < -0.3 is 15.2 Å². The van der Waals surface area contributed by atoms with E-state index in [1.165, 1.54) is 12.3 Å². The monoisotopic (exact) mass is 430 g/mol. The van der Waals surface area contributed by atoms with Crippen LogP contribution in [-0.4, -0.2) is 51.1 Å². The Kier molecular flexibility index (Phi) is 5.58. The molecule has 1 aromatic carbocycles. The van der Waals surface area contributed by atoms with Gasteiger partial charge in [-0.3, -0.25) is 14.6 Å². The Morgan fingerprint density at radius 1 is 1.23 bits per heavy atom. The first kappa shape index (κ1) is 20.1. The highest BCUT2D eigenvalue weighted by Gasteiger charge is 2.29. The molecule has 8 nitrogen and oxygen atoms in total. The Morgan fingerprint density at radius 2 is 2.00 bits per heavy atom. The predicted octanol–water partition coefficient (Wildman–Crippen LogP) is 1.58. The van der Waals surface area contributed by atoms with Crippen LogP contribution in [0.2, 0.25) is 5.02 Å². The molecular formula is C20H16ClFN4O4. The Hall–Kier alpha value is -3.14. The number of nitrogens with zero attached hydrogens (tertiary/aromatic N) is 3. The molecule has 3 aromatic rings. The standard InChI is InChI=1S/C20H16ClFN4O4/c21-12-3-1-11(2-4-12)16-6-15(19(28)24-17-9-30-10-18(17)27)20(29)26(25-16)14-5-13(22)7-23-8-14/h1-8,17-18,27H,9-10H2,(H,24,28). The second-order valence-electron chi connectivity index (χ2n) is 6.71. The van der Waals surface area contributed by atoms with Crippen LogP contribution >= 0.6 is 11.6 Å². The van der Waals surface area contributed by atoms with Crippen molar-refractivity contribution in [3.8, 4) is 16.9 Å². The third-order valence-electron chi connectivity index (χ3n) is 4.60. The maximum absolute atomic E-state index is 13.7. The summed E-state index contributed by atoms with van der Waals surface area (Å²) in [7, 11) is 0. The molecule has 0 spiro atoms. The highest BCUT2D eigenvalue weighted by molar-refractivity contribution is 6.30. The quantitative estimate of drug-likeness (QED) is 0.651. The number of aliphatic hydroxyl groups excluding tert-OH is 1. The Balaban J connectivity index is 1.82. The number of hydrogen-bond acceptors (Lipinski definition) is 6. The van der Waals surface area contributed by atoms with Gasteiger partial charge >= 0.3 is 0 Å². The van der Waals surface area contributed by atoms with Crippen molar-refractivity contribution in [3.63, 3.8) is 0 Å². The molecule has 1 fully saturated rings. The number of ether oxygens (including phenoxy) is 1. The van der Waals surface area contributed by atoms with Gasteiger partial charge in [-0.2, -0.15) is 9.78 Å². The maximum atomic E-state index is 13.7. The number of pyridine rings is 1. The lowest BCUT2D eigenvalue weighted by Crippen LogP contribution is -2.44. The highest BCUT2D eigenvalue weighted by atomic mass is 35.5. The van der Waals surface area contributed by atoms with Gasteiger partial charge in [-0.25, -0.2) is 4.39 Å². The number of hydrogen-bond donors (Lipinski definition) is 2. The van der Waals surface area contributed by atoms with Gasteiger partial charge in [0.05, 0.1) is 49.1 Å². The van der Waals surface area contributed by atoms with Crippen molar-refractivity contribution in [2.75, 3.05) is 13.2 Å². The molecule has 3 heterocycles. The minimum Gasteiger partial charge on any atom is -0.388 e. The summed E-state index contributed by atoms with van der Waals surface area (Å²) in [6.07, 6.45) is 1.38. The van der Waals surface area contributed by atoms with Crippen molar-refractivity contribution in [2.24, 2.45) is 0 Å². The number of carbonyl (C=O) groups excluding carboxylic acids is 1. The Labute approximate surface area is 174 Å². The van der Waals surface area contributed by atoms with Crippen LogP contribution in [0, 0.1) is 5.82 Å². The second kappa shape index (κ2) is 8.31. The van der Waals surface area contributed by atoms with E-state index >= 15 is 0 Å². The van der Waals surface area contributed by atoms with Gasteiger partial charge in [-0.15, -0.1) is 0 Å². The van der Waals surface area contributed by atoms with Gasteiger partial charge in [-0.05, 0) is 18.2 Å². The van der Waals surface area contributed by atoms with Crippen molar-refractivity contribution >= 4 is 17.5 Å². The Morgan fingerprint density at radius 3 is 2.67 bits per heavy atom. The van der Waals surface area contributed by atoms with E-state index in [4.69, 9.17) is 16.3 Å². The summed E-state index contributed by atoms with van der Waals surface area (Å²) >= 11 is 5.93. The molecule has 30 heavy (non-hydrogen) atoms. The molecule has 10 heteroatoms. The van der Waals surface area contributed by atoms with Crippen molar-refractivity contribution in [2.45, 2.75) is 12.1 Å². The fourth-order valence-corrected chi connectivity index (χ4v) is 3.16. The summed E-state index contributed by atoms with van der Waals surface area (Å²) in [5.74, 6) is -1.36.